The molecule has 0 saturated carbocycles. The van der Waals surface area contributed by atoms with Crippen molar-refractivity contribution in [2.24, 2.45) is 0 Å². The summed E-state index contributed by atoms with van der Waals surface area (Å²) >= 11 is 6.58. The Kier molecular flexibility index (Phi) is 5.19. The van der Waals surface area contributed by atoms with Gasteiger partial charge in [-0.2, -0.15) is 0 Å². The molecule has 1 fully saturated rings. The summed E-state index contributed by atoms with van der Waals surface area (Å²) in [7, 11) is 3.44. The van der Waals surface area contributed by atoms with Gasteiger partial charge in [0, 0.05) is 65.8 Å². The van der Waals surface area contributed by atoms with Gasteiger partial charge in [-0.15, -0.1) is 0 Å². The van der Waals surface area contributed by atoms with Crippen LogP contribution < -0.4 is 9.64 Å². The zero-order chi connectivity index (χ0) is 22.2. The fourth-order valence-electron chi connectivity index (χ4n) is 3.90. The summed E-state index contributed by atoms with van der Waals surface area (Å²) in [4.78, 5) is 28.0. The second-order valence-corrected chi connectivity index (χ2v) is 8.26. The summed E-state index contributed by atoms with van der Waals surface area (Å²) < 4.78 is 5.29. The lowest BCUT2D eigenvalue weighted by Crippen LogP contribution is -2.48. The Bertz CT molecular complexity index is 1300. The van der Waals surface area contributed by atoms with Crippen molar-refractivity contribution in [3.05, 3.63) is 60.0 Å². The summed E-state index contributed by atoms with van der Waals surface area (Å²) in [6, 6.07) is 11.9. The number of ether oxygens (including phenoxy) is 1. The molecule has 0 bridgehead atoms. The molecule has 0 unspecified atom stereocenters. The first kappa shape index (κ1) is 20.3. The minimum absolute atomic E-state index is 0.108. The van der Waals surface area contributed by atoms with Crippen LogP contribution in [-0.4, -0.2) is 59.6 Å². The maximum absolute atomic E-state index is 12.0. The SMILES string of the molecule is COc1cncc(-c2cc3cc(-c4ccc(N5CCN(C)C(=O)C5)nc4)[nH]c3cc2Cl)c1. The maximum atomic E-state index is 12.0. The van der Waals surface area contributed by atoms with Gasteiger partial charge >= 0.3 is 0 Å². The van der Waals surface area contributed by atoms with E-state index in [0.29, 0.717) is 23.9 Å². The number of pyridine rings is 2. The minimum Gasteiger partial charge on any atom is -0.495 e. The van der Waals surface area contributed by atoms with E-state index in [1.54, 1.807) is 24.4 Å². The first-order valence-electron chi connectivity index (χ1n) is 10.3. The highest BCUT2D eigenvalue weighted by atomic mass is 35.5. The van der Waals surface area contributed by atoms with Crippen molar-refractivity contribution in [2.75, 3.05) is 38.7 Å². The van der Waals surface area contributed by atoms with Gasteiger partial charge < -0.3 is 19.5 Å². The number of aromatic nitrogens is 3. The summed E-state index contributed by atoms with van der Waals surface area (Å²) in [6.07, 6.45) is 5.27. The molecule has 7 nitrogen and oxygen atoms in total. The fourth-order valence-corrected chi connectivity index (χ4v) is 4.17. The number of rotatable bonds is 4. The number of hydrogen-bond donors (Lipinski definition) is 1. The van der Waals surface area contributed by atoms with Crippen molar-refractivity contribution in [1.82, 2.24) is 19.9 Å². The number of fused-ring (bicyclic) bond motifs is 1. The Morgan fingerprint density at radius 2 is 1.94 bits per heavy atom. The molecule has 1 aliphatic rings. The molecule has 4 aromatic rings. The summed E-state index contributed by atoms with van der Waals surface area (Å²) in [5.74, 6) is 1.60. The Morgan fingerprint density at radius 3 is 2.69 bits per heavy atom. The van der Waals surface area contributed by atoms with Crippen LogP contribution in [0.5, 0.6) is 5.75 Å². The molecule has 1 amide bonds. The number of anilines is 1. The van der Waals surface area contributed by atoms with Crippen LogP contribution in [0, 0.1) is 0 Å². The molecule has 8 heteroatoms. The summed E-state index contributed by atoms with van der Waals surface area (Å²) in [6.45, 7) is 1.84. The van der Waals surface area contributed by atoms with Gasteiger partial charge in [0.2, 0.25) is 5.91 Å². The number of carbonyl (C=O) groups is 1. The zero-order valence-corrected chi connectivity index (χ0v) is 18.6. The number of likely N-dealkylation sites (N-methyl/N-ethyl adjacent to an activating group) is 1. The third-order valence-corrected chi connectivity index (χ3v) is 6.12. The standard InChI is InChI=1S/C24H22ClN5O2/c1-29-5-6-30(14-24(29)31)23-4-3-15(12-27-23)21-9-16-8-19(20(25)10-22(16)28-21)17-7-18(32-2)13-26-11-17/h3-4,7-13,28H,5-6,14H2,1-2H3. The monoisotopic (exact) mass is 447 g/mol. The number of carbonyl (C=O) groups excluding carboxylic acids is 1. The molecule has 1 aliphatic heterocycles. The molecule has 1 aromatic carbocycles. The van der Waals surface area contributed by atoms with Crippen LogP contribution in [-0.2, 0) is 4.79 Å². The molecule has 5 rings (SSSR count). The third kappa shape index (κ3) is 3.76. The maximum Gasteiger partial charge on any atom is 0.241 e. The number of methoxy groups -OCH3 is 1. The van der Waals surface area contributed by atoms with E-state index in [9.17, 15) is 4.79 Å². The highest BCUT2D eigenvalue weighted by Gasteiger charge is 2.22. The van der Waals surface area contributed by atoms with Gasteiger partial charge in [0.15, 0.2) is 0 Å². The van der Waals surface area contributed by atoms with Crippen LogP contribution in [0.2, 0.25) is 5.02 Å². The van der Waals surface area contributed by atoms with Crippen LogP contribution in [0.25, 0.3) is 33.3 Å². The Balaban J connectivity index is 1.44. The van der Waals surface area contributed by atoms with Gasteiger partial charge in [-0.3, -0.25) is 9.78 Å². The van der Waals surface area contributed by atoms with E-state index in [4.69, 9.17) is 16.3 Å². The Morgan fingerprint density at radius 1 is 1.06 bits per heavy atom. The van der Waals surface area contributed by atoms with E-state index in [2.05, 4.69) is 21.0 Å². The molecular weight excluding hydrogens is 426 g/mol. The van der Waals surface area contributed by atoms with Crippen molar-refractivity contribution in [2.45, 2.75) is 0 Å². The van der Waals surface area contributed by atoms with E-state index in [-0.39, 0.29) is 5.91 Å². The lowest BCUT2D eigenvalue weighted by Gasteiger charge is -2.32. The van der Waals surface area contributed by atoms with Gasteiger partial charge in [0.05, 0.1) is 24.9 Å². The number of benzene rings is 1. The van der Waals surface area contributed by atoms with E-state index >= 15 is 0 Å². The van der Waals surface area contributed by atoms with Crippen LogP contribution >= 0.6 is 11.6 Å². The first-order chi connectivity index (χ1) is 15.5. The van der Waals surface area contributed by atoms with Crippen LogP contribution in [0.15, 0.2) is 55.0 Å². The first-order valence-corrected chi connectivity index (χ1v) is 10.7. The third-order valence-electron chi connectivity index (χ3n) is 5.81. The molecule has 3 aromatic heterocycles. The van der Waals surface area contributed by atoms with E-state index < -0.39 is 0 Å². The van der Waals surface area contributed by atoms with E-state index in [0.717, 1.165) is 45.6 Å². The number of hydrogen-bond acceptors (Lipinski definition) is 5. The Labute approximate surface area is 190 Å². The molecule has 0 radical (unpaired) electrons. The smallest absolute Gasteiger partial charge is 0.241 e. The van der Waals surface area contributed by atoms with Crippen LogP contribution in [0.3, 0.4) is 0 Å². The number of piperazine rings is 1. The number of aromatic amines is 1. The van der Waals surface area contributed by atoms with Crippen molar-refractivity contribution in [3.8, 4) is 28.1 Å². The predicted octanol–water partition coefficient (Wildman–Crippen LogP) is 4.23. The van der Waals surface area contributed by atoms with Gasteiger partial charge in [0.1, 0.15) is 11.6 Å². The highest BCUT2D eigenvalue weighted by molar-refractivity contribution is 6.34. The molecule has 0 spiro atoms. The molecule has 1 N–H and O–H groups in total. The number of nitrogens with one attached hydrogen (secondary N) is 1. The molecule has 0 aliphatic carbocycles. The summed E-state index contributed by atoms with van der Waals surface area (Å²) in [5.41, 5.74) is 4.64. The molecule has 0 atom stereocenters. The predicted molar refractivity (Wildman–Crippen MR) is 126 cm³/mol. The van der Waals surface area contributed by atoms with Crippen molar-refractivity contribution < 1.29 is 9.53 Å². The average Bonchev–Trinajstić information content (AvgIpc) is 3.23. The minimum atomic E-state index is 0.108. The van der Waals surface area contributed by atoms with Crippen molar-refractivity contribution in [1.29, 1.82) is 0 Å². The van der Waals surface area contributed by atoms with Gasteiger partial charge in [-0.25, -0.2) is 4.98 Å². The molecule has 162 valence electrons. The molecular formula is C24H22ClN5O2. The summed E-state index contributed by atoms with van der Waals surface area (Å²) in [5, 5.41) is 1.67. The lowest BCUT2D eigenvalue weighted by molar-refractivity contribution is -0.129. The Hall–Kier alpha value is -3.58. The van der Waals surface area contributed by atoms with Crippen LogP contribution in [0.4, 0.5) is 5.82 Å². The second kappa shape index (κ2) is 8.16. The van der Waals surface area contributed by atoms with Gasteiger partial charge in [-0.1, -0.05) is 11.6 Å². The van der Waals surface area contributed by atoms with Crippen LogP contribution in [0.1, 0.15) is 0 Å². The van der Waals surface area contributed by atoms with Crippen molar-refractivity contribution >= 4 is 34.2 Å². The molecule has 4 heterocycles. The number of halogens is 1. The van der Waals surface area contributed by atoms with Gasteiger partial charge in [-0.05, 0) is 36.4 Å². The number of nitrogens with zero attached hydrogens (tertiary/aromatic N) is 4. The van der Waals surface area contributed by atoms with E-state index in [1.165, 1.54) is 0 Å². The highest BCUT2D eigenvalue weighted by Crippen LogP contribution is 2.35. The molecule has 32 heavy (non-hydrogen) atoms. The largest absolute Gasteiger partial charge is 0.495 e. The van der Waals surface area contributed by atoms with E-state index in [1.807, 2.05) is 48.5 Å². The van der Waals surface area contributed by atoms with Gasteiger partial charge in [0.25, 0.3) is 0 Å². The number of H-pyrrole nitrogens is 1. The average molecular weight is 448 g/mol. The second-order valence-electron chi connectivity index (χ2n) is 7.86. The molecule has 1 saturated heterocycles. The topological polar surface area (TPSA) is 74.3 Å². The lowest BCUT2D eigenvalue weighted by atomic mass is 10.1. The number of amides is 1. The normalized spacial score (nSPS) is 14.3. The quantitative estimate of drug-likeness (QED) is 0.506. The zero-order valence-electron chi connectivity index (χ0n) is 17.8. The van der Waals surface area contributed by atoms with Crippen molar-refractivity contribution in [3.63, 3.8) is 0 Å². The fraction of sp³-hybridized carbons (Fsp3) is 0.208.